The number of carbonyl (C=O) groups excluding carboxylic acids is 5. The third kappa shape index (κ3) is 12.0. The molecule has 0 aromatic carbocycles. The molecule has 3 N–H and O–H groups in total. The number of hydrazine groups is 1. The lowest BCUT2D eigenvalue weighted by Crippen LogP contribution is -2.19. The molecule has 0 saturated heterocycles. The van der Waals surface area contributed by atoms with Crippen molar-refractivity contribution in [3.05, 3.63) is 103 Å². The van der Waals surface area contributed by atoms with Gasteiger partial charge in [0.2, 0.25) is 5.78 Å². The number of esters is 3. The summed E-state index contributed by atoms with van der Waals surface area (Å²) in [6.45, 7) is 0. The average Bonchev–Trinajstić information content (AvgIpc) is 3.74. The summed E-state index contributed by atoms with van der Waals surface area (Å²) < 4.78 is 16.6. The molecule has 50 heavy (non-hydrogen) atoms. The molecular formula is C33H37N9O8. The number of methoxy groups -OCH3 is 3. The van der Waals surface area contributed by atoms with Gasteiger partial charge in [0, 0.05) is 68.0 Å². The molecule has 0 aliphatic carbocycles. The van der Waals surface area contributed by atoms with Crippen LogP contribution in [0.4, 0.5) is 0 Å². The van der Waals surface area contributed by atoms with Gasteiger partial charge in [0.1, 0.15) is 5.69 Å². The van der Waals surface area contributed by atoms with E-state index in [-0.39, 0.29) is 0 Å². The van der Waals surface area contributed by atoms with E-state index in [2.05, 4.69) is 50.6 Å². The topological polar surface area (TPSA) is 225 Å². The highest BCUT2D eigenvalue weighted by molar-refractivity contribution is 6.38. The van der Waals surface area contributed by atoms with Crippen LogP contribution in [0, 0.1) is 0 Å². The molecule has 0 fully saturated rings. The summed E-state index contributed by atoms with van der Waals surface area (Å²) in [5.74, 6) is 1.45. The Balaban J connectivity index is 0.000000250. The number of hydrogen-bond acceptors (Lipinski definition) is 15. The monoisotopic (exact) mass is 687 g/mol. The van der Waals surface area contributed by atoms with Crippen molar-refractivity contribution in [1.82, 2.24) is 39.9 Å². The predicted octanol–water partition coefficient (Wildman–Crippen LogP) is 2.01. The van der Waals surface area contributed by atoms with Crippen LogP contribution in [0.15, 0.2) is 85.7 Å². The molecule has 0 spiro atoms. The van der Waals surface area contributed by atoms with Gasteiger partial charge in [0.05, 0.1) is 39.1 Å². The Labute approximate surface area is 287 Å². The Morgan fingerprint density at radius 3 is 1.80 bits per heavy atom. The zero-order valence-corrected chi connectivity index (χ0v) is 28.3. The van der Waals surface area contributed by atoms with Gasteiger partial charge in [-0.05, 0) is 55.6 Å². The Morgan fingerprint density at radius 1 is 0.740 bits per heavy atom. The summed E-state index contributed by atoms with van der Waals surface area (Å²) >= 11 is 0. The largest absolute Gasteiger partial charge is 0.464 e. The molecule has 0 radical (unpaired) electrons. The van der Waals surface area contributed by atoms with Crippen molar-refractivity contribution < 1.29 is 38.2 Å². The Bertz CT molecular complexity index is 1850. The fourth-order valence-electron chi connectivity index (χ4n) is 3.84. The molecule has 17 heteroatoms. The maximum atomic E-state index is 11.4. The SMILES string of the molecule is CNN.COC(=O)C(=O)CC(=O)c1cccnc1.COC(=O)c1cc(-c2cccnc2)n(C)n1.COC(=O)c1cc(-c2cccnc2)nn1C. The van der Waals surface area contributed by atoms with Crippen LogP contribution in [0.25, 0.3) is 22.5 Å². The van der Waals surface area contributed by atoms with Crippen LogP contribution >= 0.6 is 0 Å². The molecule has 0 unspecified atom stereocenters. The number of aryl methyl sites for hydroxylation is 2. The van der Waals surface area contributed by atoms with E-state index in [1.807, 2.05) is 24.3 Å². The highest BCUT2D eigenvalue weighted by Crippen LogP contribution is 2.19. The molecule has 0 bridgehead atoms. The lowest BCUT2D eigenvalue weighted by atomic mass is 10.1. The van der Waals surface area contributed by atoms with Gasteiger partial charge in [-0.3, -0.25) is 45.2 Å². The van der Waals surface area contributed by atoms with Crippen molar-refractivity contribution in [3.63, 3.8) is 0 Å². The van der Waals surface area contributed by atoms with Crippen molar-refractivity contribution >= 4 is 29.5 Å². The minimum Gasteiger partial charge on any atom is -0.464 e. The number of pyridine rings is 3. The fourth-order valence-corrected chi connectivity index (χ4v) is 3.84. The van der Waals surface area contributed by atoms with Crippen LogP contribution in [-0.2, 0) is 37.9 Å². The number of aromatic nitrogens is 7. The van der Waals surface area contributed by atoms with Crippen LogP contribution in [0.5, 0.6) is 0 Å². The quantitative estimate of drug-likeness (QED) is 0.0452. The van der Waals surface area contributed by atoms with Gasteiger partial charge in [0.25, 0.3) is 0 Å². The second-order valence-corrected chi connectivity index (χ2v) is 9.59. The molecule has 5 aromatic heterocycles. The Hall–Kier alpha value is -6.46. The zero-order valence-electron chi connectivity index (χ0n) is 28.3. The molecule has 0 atom stereocenters. The number of ether oxygens (including phenoxy) is 3. The van der Waals surface area contributed by atoms with Gasteiger partial charge in [-0.1, -0.05) is 0 Å². The third-order valence-electron chi connectivity index (χ3n) is 6.18. The zero-order chi connectivity index (χ0) is 37.1. The van der Waals surface area contributed by atoms with Crippen LogP contribution in [0.3, 0.4) is 0 Å². The lowest BCUT2D eigenvalue weighted by molar-refractivity contribution is -0.151. The van der Waals surface area contributed by atoms with Crippen molar-refractivity contribution in [1.29, 1.82) is 0 Å². The number of nitrogens with zero attached hydrogens (tertiary/aromatic N) is 7. The highest BCUT2D eigenvalue weighted by atomic mass is 16.5. The highest BCUT2D eigenvalue weighted by Gasteiger charge is 2.19. The minimum atomic E-state index is -1.01. The molecule has 17 nitrogen and oxygen atoms in total. The molecule has 0 amide bonds. The van der Waals surface area contributed by atoms with Crippen LogP contribution in [0.2, 0.25) is 0 Å². The Kier molecular flexibility index (Phi) is 16.4. The molecular weight excluding hydrogens is 650 g/mol. The second kappa shape index (κ2) is 20.7. The van der Waals surface area contributed by atoms with Crippen molar-refractivity contribution in [2.75, 3.05) is 28.4 Å². The third-order valence-corrected chi connectivity index (χ3v) is 6.18. The number of rotatable bonds is 8. The summed E-state index contributed by atoms with van der Waals surface area (Å²) in [5.41, 5.74) is 6.57. The number of nitrogens with one attached hydrogen (secondary N) is 1. The van der Waals surface area contributed by atoms with Gasteiger partial charge >= 0.3 is 17.9 Å². The number of nitrogens with two attached hydrogens (primary N) is 1. The number of ketones is 2. The number of Topliss-reactive ketones (excluding diaryl/α,β-unsaturated/α-hetero) is 2. The number of hydrogen-bond donors (Lipinski definition) is 2. The smallest absolute Gasteiger partial charge is 0.374 e. The molecule has 5 heterocycles. The predicted molar refractivity (Wildman–Crippen MR) is 179 cm³/mol. The first kappa shape index (κ1) is 39.7. The first-order valence-electron chi connectivity index (χ1n) is 14.5. The van der Waals surface area contributed by atoms with Crippen molar-refractivity contribution in [2.45, 2.75) is 6.42 Å². The van der Waals surface area contributed by atoms with Gasteiger partial charge < -0.3 is 14.2 Å². The van der Waals surface area contributed by atoms with E-state index in [4.69, 9.17) is 0 Å². The van der Waals surface area contributed by atoms with Gasteiger partial charge in [-0.25, -0.2) is 14.4 Å². The summed E-state index contributed by atoms with van der Waals surface area (Å²) in [6, 6.07) is 13.9. The molecule has 0 saturated carbocycles. The van der Waals surface area contributed by atoms with E-state index in [9.17, 15) is 24.0 Å². The molecule has 0 aliphatic rings. The van der Waals surface area contributed by atoms with E-state index in [0.29, 0.717) is 22.6 Å². The molecule has 5 aromatic rings. The maximum Gasteiger partial charge on any atom is 0.374 e. The summed E-state index contributed by atoms with van der Waals surface area (Å²) in [4.78, 5) is 67.6. The molecule has 5 rings (SSSR count). The van der Waals surface area contributed by atoms with E-state index in [1.165, 1.54) is 37.4 Å². The van der Waals surface area contributed by atoms with Crippen LogP contribution < -0.4 is 11.3 Å². The van der Waals surface area contributed by atoms with Gasteiger partial charge in [0.15, 0.2) is 11.5 Å². The standard InChI is InChI=1S/2C11H11N3O2.C10H9NO4.CH6N2/c1-14-10(8-4-3-5-12-7-8)6-9(13-14)11(15)16-2;1-14-10(11(15)16-2)6-9(13-14)8-4-3-5-12-7-8;1-15-10(14)9(13)5-8(12)7-3-2-4-11-6-7;1-3-2/h2*3-7H,1-2H3;2-4,6H,5H2,1H3;3H,2H2,1H3. The van der Waals surface area contributed by atoms with Crippen molar-refractivity contribution in [3.8, 4) is 22.5 Å². The first-order valence-corrected chi connectivity index (χ1v) is 14.5. The van der Waals surface area contributed by atoms with E-state index in [0.717, 1.165) is 23.9 Å². The molecule has 0 aliphatic heterocycles. The minimum absolute atomic E-state index is 0.295. The van der Waals surface area contributed by atoms with E-state index < -0.39 is 35.9 Å². The first-order chi connectivity index (χ1) is 24.0. The van der Waals surface area contributed by atoms with Gasteiger partial charge in [-0.2, -0.15) is 10.2 Å². The maximum absolute atomic E-state index is 11.4. The number of carbonyl (C=O) groups is 5. The van der Waals surface area contributed by atoms with Crippen molar-refractivity contribution in [2.24, 2.45) is 19.9 Å². The molecule has 262 valence electrons. The van der Waals surface area contributed by atoms with Crippen LogP contribution in [0.1, 0.15) is 37.8 Å². The normalized spacial score (nSPS) is 9.66. The summed E-state index contributed by atoms with van der Waals surface area (Å²) in [7, 11) is 8.90. The Morgan fingerprint density at radius 2 is 1.30 bits per heavy atom. The van der Waals surface area contributed by atoms with Gasteiger partial charge in [-0.15, -0.1) is 0 Å². The average molecular weight is 688 g/mol. The lowest BCUT2D eigenvalue weighted by Gasteiger charge is -1.99. The van der Waals surface area contributed by atoms with E-state index in [1.54, 1.807) is 68.8 Å². The van der Waals surface area contributed by atoms with Crippen LogP contribution in [-0.4, -0.2) is 92.4 Å². The van der Waals surface area contributed by atoms with E-state index >= 15 is 0 Å². The summed E-state index contributed by atoms with van der Waals surface area (Å²) in [6.07, 6.45) is 9.17. The fraction of sp³-hybridized carbons (Fsp3) is 0.212. The summed E-state index contributed by atoms with van der Waals surface area (Å²) in [5, 5.41) is 8.30. The second-order valence-electron chi connectivity index (χ2n) is 9.59.